The molecule has 3 aromatic rings. The normalized spacial score (nSPS) is 16.6. The van der Waals surface area contributed by atoms with Gasteiger partial charge in [-0.3, -0.25) is 15.0 Å². The van der Waals surface area contributed by atoms with Crippen LogP contribution in [0.2, 0.25) is 0 Å². The van der Waals surface area contributed by atoms with Crippen molar-refractivity contribution < 1.29 is 19.9 Å². The van der Waals surface area contributed by atoms with Crippen molar-refractivity contribution >= 4 is 33.1 Å². The zero-order valence-electron chi connectivity index (χ0n) is 18.5. The van der Waals surface area contributed by atoms with Crippen LogP contribution in [0.4, 0.5) is 11.5 Å². The number of hydrogen-bond donors (Lipinski definition) is 3. The molecular weight excluding hydrogens is 446 g/mol. The summed E-state index contributed by atoms with van der Waals surface area (Å²) in [5.74, 6) is 1.22. The number of nitro groups is 1. The SMILES string of the molecule is Cc1sc2nc(CN3CCOCC3)nc(N[C@H](CO)[C@H](O)c3ccc([N+](=O)[O-])cc3)c2c1C. The molecule has 0 bridgehead atoms. The first-order valence-electron chi connectivity index (χ1n) is 10.7. The van der Waals surface area contributed by atoms with Crippen LogP contribution in [0.3, 0.4) is 0 Å². The molecule has 3 N–H and O–H groups in total. The summed E-state index contributed by atoms with van der Waals surface area (Å²) in [4.78, 5) is 24.2. The highest BCUT2D eigenvalue weighted by Crippen LogP contribution is 2.34. The third-order valence-corrected chi connectivity index (χ3v) is 6.99. The molecule has 1 aliphatic heterocycles. The maximum Gasteiger partial charge on any atom is 0.269 e. The molecule has 0 amide bonds. The molecule has 10 nitrogen and oxygen atoms in total. The number of hydrogen-bond acceptors (Lipinski definition) is 10. The number of aromatic nitrogens is 2. The van der Waals surface area contributed by atoms with Gasteiger partial charge in [0.1, 0.15) is 22.6 Å². The van der Waals surface area contributed by atoms with Crippen molar-refractivity contribution in [2.75, 3.05) is 38.2 Å². The van der Waals surface area contributed by atoms with Crippen LogP contribution in [0.25, 0.3) is 10.2 Å². The first-order valence-corrected chi connectivity index (χ1v) is 11.6. The lowest BCUT2D eigenvalue weighted by molar-refractivity contribution is -0.384. The fourth-order valence-electron chi connectivity index (χ4n) is 3.85. The predicted molar refractivity (Wildman–Crippen MR) is 126 cm³/mol. The van der Waals surface area contributed by atoms with Gasteiger partial charge in [0.25, 0.3) is 5.69 Å². The van der Waals surface area contributed by atoms with Crippen molar-refractivity contribution in [1.29, 1.82) is 0 Å². The minimum atomic E-state index is -1.09. The summed E-state index contributed by atoms with van der Waals surface area (Å²) < 4.78 is 5.42. The third-order valence-electron chi connectivity index (χ3n) is 5.89. The number of thiophene rings is 1. The van der Waals surface area contributed by atoms with Gasteiger partial charge in [0.05, 0.1) is 42.7 Å². The highest BCUT2D eigenvalue weighted by molar-refractivity contribution is 7.18. The van der Waals surface area contributed by atoms with Crippen LogP contribution in [0.5, 0.6) is 0 Å². The number of ether oxygens (including phenoxy) is 1. The molecule has 1 aromatic carbocycles. The molecule has 0 aliphatic carbocycles. The number of nitro benzene ring substituents is 1. The second-order valence-corrected chi connectivity index (χ2v) is 9.27. The molecular formula is C22H27N5O5S. The molecule has 0 saturated carbocycles. The van der Waals surface area contributed by atoms with E-state index in [1.807, 2.05) is 13.8 Å². The van der Waals surface area contributed by atoms with Gasteiger partial charge in [-0.15, -0.1) is 11.3 Å². The predicted octanol–water partition coefficient (Wildman–Crippen LogP) is 2.55. The van der Waals surface area contributed by atoms with E-state index in [4.69, 9.17) is 14.7 Å². The number of morpholine rings is 1. The molecule has 0 unspecified atom stereocenters. The van der Waals surface area contributed by atoms with E-state index in [1.54, 1.807) is 11.3 Å². The van der Waals surface area contributed by atoms with Gasteiger partial charge in [-0.2, -0.15) is 0 Å². The Labute approximate surface area is 195 Å². The molecule has 4 rings (SSSR count). The van der Waals surface area contributed by atoms with Crippen LogP contribution in [0.15, 0.2) is 24.3 Å². The summed E-state index contributed by atoms with van der Waals surface area (Å²) in [6.45, 7) is 7.24. The zero-order valence-corrected chi connectivity index (χ0v) is 19.3. The molecule has 11 heteroatoms. The Morgan fingerprint density at radius 2 is 1.94 bits per heavy atom. The van der Waals surface area contributed by atoms with Crippen LogP contribution < -0.4 is 5.32 Å². The summed E-state index contributed by atoms with van der Waals surface area (Å²) in [7, 11) is 0. The second-order valence-electron chi connectivity index (χ2n) is 8.07. The van der Waals surface area contributed by atoms with E-state index in [0.29, 0.717) is 37.0 Å². The fourth-order valence-corrected chi connectivity index (χ4v) is 4.90. The first-order chi connectivity index (χ1) is 15.9. The van der Waals surface area contributed by atoms with Crippen molar-refractivity contribution in [3.8, 4) is 0 Å². The van der Waals surface area contributed by atoms with Gasteiger partial charge in [-0.05, 0) is 37.1 Å². The standard InChI is InChI=1S/C22H27N5O5S/c1-13-14(2)33-22-19(13)21(24-18(25-22)11-26-7-9-32-10-8-26)23-17(12-28)20(29)15-3-5-16(6-4-15)27(30)31/h3-6,17,20,28-29H,7-12H2,1-2H3,(H,23,24,25)/t17-,20-/m1/s1. The lowest BCUT2D eigenvalue weighted by Crippen LogP contribution is -2.36. The summed E-state index contributed by atoms with van der Waals surface area (Å²) in [6.07, 6.45) is -1.09. The number of aliphatic hydroxyl groups excluding tert-OH is 2. The summed E-state index contributed by atoms with van der Waals surface area (Å²) in [5.41, 5.74) is 1.45. The Bertz CT molecular complexity index is 1130. The molecule has 33 heavy (non-hydrogen) atoms. The van der Waals surface area contributed by atoms with E-state index in [9.17, 15) is 20.3 Å². The fraction of sp³-hybridized carbons (Fsp3) is 0.455. The number of nitrogens with one attached hydrogen (secondary N) is 1. The van der Waals surface area contributed by atoms with Crippen LogP contribution in [-0.2, 0) is 11.3 Å². The van der Waals surface area contributed by atoms with Gasteiger partial charge in [0, 0.05) is 30.1 Å². The molecule has 1 saturated heterocycles. The number of benzene rings is 1. The van der Waals surface area contributed by atoms with Crippen molar-refractivity contribution in [2.45, 2.75) is 32.5 Å². The van der Waals surface area contributed by atoms with E-state index < -0.39 is 17.1 Å². The summed E-state index contributed by atoms with van der Waals surface area (Å²) in [5, 5.41) is 35.9. The quantitative estimate of drug-likeness (QED) is 0.333. The minimum absolute atomic E-state index is 0.0610. The average molecular weight is 474 g/mol. The van der Waals surface area contributed by atoms with Gasteiger partial charge in [0.15, 0.2) is 0 Å². The average Bonchev–Trinajstić information content (AvgIpc) is 3.11. The lowest BCUT2D eigenvalue weighted by atomic mass is 10.0. The number of anilines is 1. The number of nitrogens with zero attached hydrogens (tertiary/aromatic N) is 4. The van der Waals surface area contributed by atoms with Crippen molar-refractivity contribution in [2.24, 2.45) is 0 Å². The number of rotatable bonds is 8. The maximum atomic E-state index is 10.9. The van der Waals surface area contributed by atoms with Gasteiger partial charge < -0.3 is 20.3 Å². The topological polar surface area (TPSA) is 134 Å². The van der Waals surface area contributed by atoms with Gasteiger partial charge in [0.2, 0.25) is 0 Å². The van der Waals surface area contributed by atoms with Gasteiger partial charge in [-0.25, -0.2) is 9.97 Å². The van der Waals surface area contributed by atoms with E-state index in [2.05, 4.69) is 10.2 Å². The van der Waals surface area contributed by atoms with Crippen LogP contribution in [0.1, 0.15) is 27.9 Å². The number of non-ortho nitro benzene ring substituents is 1. The Hall–Kier alpha value is -2.70. The highest BCUT2D eigenvalue weighted by atomic mass is 32.1. The lowest BCUT2D eigenvalue weighted by Gasteiger charge is -2.26. The molecule has 0 radical (unpaired) electrons. The number of aliphatic hydroxyl groups is 2. The van der Waals surface area contributed by atoms with Crippen molar-refractivity contribution in [3.05, 3.63) is 56.2 Å². The molecule has 1 fully saturated rings. The Kier molecular flexibility index (Phi) is 7.15. The second kappa shape index (κ2) is 10.1. The monoisotopic (exact) mass is 473 g/mol. The van der Waals surface area contributed by atoms with Crippen LogP contribution in [-0.4, -0.2) is 69.0 Å². The number of aryl methyl sites for hydroxylation is 2. The first kappa shape index (κ1) is 23.5. The van der Waals surface area contributed by atoms with Crippen LogP contribution in [0, 0.1) is 24.0 Å². The van der Waals surface area contributed by atoms with Gasteiger partial charge in [-0.1, -0.05) is 0 Å². The van der Waals surface area contributed by atoms with E-state index >= 15 is 0 Å². The molecule has 0 spiro atoms. The van der Waals surface area contributed by atoms with Crippen LogP contribution >= 0.6 is 11.3 Å². The largest absolute Gasteiger partial charge is 0.394 e. The summed E-state index contributed by atoms with van der Waals surface area (Å²) in [6, 6.07) is 4.89. The van der Waals surface area contributed by atoms with Gasteiger partial charge >= 0.3 is 0 Å². The highest BCUT2D eigenvalue weighted by Gasteiger charge is 2.24. The Morgan fingerprint density at radius 3 is 2.58 bits per heavy atom. The zero-order chi connectivity index (χ0) is 23.5. The minimum Gasteiger partial charge on any atom is -0.394 e. The Morgan fingerprint density at radius 1 is 1.24 bits per heavy atom. The molecule has 2 aromatic heterocycles. The molecule has 176 valence electrons. The van der Waals surface area contributed by atoms with Crippen molar-refractivity contribution in [3.63, 3.8) is 0 Å². The van der Waals surface area contributed by atoms with E-state index in [-0.39, 0.29) is 12.3 Å². The molecule has 3 heterocycles. The van der Waals surface area contributed by atoms with E-state index in [1.165, 1.54) is 24.3 Å². The maximum absolute atomic E-state index is 10.9. The third kappa shape index (κ3) is 5.12. The molecule has 1 aliphatic rings. The number of fused-ring (bicyclic) bond motifs is 1. The Balaban J connectivity index is 1.63. The van der Waals surface area contributed by atoms with Crippen molar-refractivity contribution in [1.82, 2.24) is 14.9 Å². The molecule has 2 atom stereocenters. The summed E-state index contributed by atoms with van der Waals surface area (Å²) >= 11 is 1.59. The van der Waals surface area contributed by atoms with E-state index in [0.717, 1.165) is 33.7 Å². The smallest absolute Gasteiger partial charge is 0.269 e.